The lowest BCUT2D eigenvalue weighted by Crippen LogP contribution is -2.34. The zero-order valence-corrected chi connectivity index (χ0v) is 11.3. The maximum atomic E-state index is 5.88. The molecule has 0 fully saturated rings. The van der Waals surface area contributed by atoms with Gasteiger partial charge in [-0.25, -0.2) is 0 Å². The van der Waals surface area contributed by atoms with Gasteiger partial charge in [-0.05, 0) is 42.0 Å². The van der Waals surface area contributed by atoms with Crippen LogP contribution >= 0.6 is 15.9 Å². The van der Waals surface area contributed by atoms with Gasteiger partial charge in [0.2, 0.25) is 0 Å². The van der Waals surface area contributed by atoms with E-state index < -0.39 is 0 Å². The SMILES string of the molecule is CC(C)C(C)(CN)Cc1ccc(Br)cc1. The molecule has 0 aliphatic rings. The number of benzene rings is 1. The van der Waals surface area contributed by atoms with Crippen molar-refractivity contribution in [2.75, 3.05) is 6.54 Å². The molecular formula is C13H20BrN. The van der Waals surface area contributed by atoms with Crippen molar-refractivity contribution in [3.05, 3.63) is 34.3 Å². The Morgan fingerprint density at radius 3 is 2.20 bits per heavy atom. The topological polar surface area (TPSA) is 26.0 Å². The Kier molecular flexibility index (Phi) is 4.35. The van der Waals surface area contributed by atoms with Crippen molar-refractivity contribution in [3.8, 4) is 0 Å². The summed E-state index contributed by atoms with van der Waals surface area (Å²) in [5.74, 6) is 0.603. The van der Waals surface area contributed by atoms with Gasteiger partial charge in [-0.15, -0.1) is 0 Å². The van der Waals surface area contributed by atoms with E-state index in [1.54, 1.807) is 0 Å². The van der Waals surface area contributed by atoms with Crippen molar-refractivity contribution < 1.29 is 0 Å². The summed E-state index contributed by atoms with van der Waals surface area (Å²) < 4.78 is 1.13. The van der Waals surface area contributed by atoms with Gasteiger partial charge in [0, 0.05) is 4.47 Å². The molecule has 0 spiro atoms. The van der Waals surface area contributed by atoms with E-state index in [0.717, 1.165) is 17.4 Å². The first-order valence-corrected chi connectivity index (χ1v) is 6.22. The first kappa shape index (κ1) is 12.7. The van der Waals surface area contributed by atoms with Gasteiger partial charge in [0.05, 0.1) is 0 Å². The Labute approximate surface area is 101 Å². The van der Waals surface area contributed by atoms with Gasteiger partial charge in [0.15, 0.2) is 0 Å². The summed E-state index contributed by atoms with van der Waals surface area (Å²) in [7, 11) is 0. The van der Waals surface area contributed by atoms with Crippen molar-refractivity contribution >= 4 is 15.9 Å². The van der Waals surface area contributed by atoms with E-state index in [0.29, 0.717) is 5.92 Å². The second kappa shape index (κ2) is 5.13. The quantitative estimate of drug-likeness (QED) is 0.888. The lowest BCUT2D eigenvalue weighted by atomic mass is 9.74. The summed E-state index contributed by atoms with van der Waals surface area (Å²) in [4.78, 5) is 0. The lowest BCUT2D eigenvalue weighted by molar-refractivity contribution is 0.227. The Morgan fingerprint density at radius 1 is 1.27 bits per heavy atom. The normalized spacial score (nSPS) is 15.3. The van der Waals surface area contributed by atoms with Crippen LogP contribution in [0.4, 0.5) is 0 Å². The Balaban J connectivity index is 2.79. The molecule has 84 valence electrons. The maximum absolute atomic E-state index is 5.88. The fourth-order valence-corrected chi connectivity index (χ4v) is 1.84. The van der Waals surface area contributed by atoms with Gasteiger partial charge in [-0.1, -0.05) is 48.8 Å². The van der Waals surface area contributed by atoms with Crippen LogP contribution < -0.4 is 5.73 Å². The van der Waals surface area contributed by atoms with E-state index in [2.05, 4.69) is 61.0 Å². The first-order chi connectivity index (χ1) is 6.98. The molecule has 1 aromatic carbocycles. The molecule has 0 aliphatic heterocycles. The van der Waals surface area contributed by atoms with Crippen LogP contribution in [-0.2, 0) is 6.42 Å². The average Bonchev–Trinajstić information content (AvgIpc) is 2.21. The number of halogens is 1. The highest BCUT2D eigenvalue weighted by Gasteiger charge is 2.26. The van der Waals surface area contributed by atoms with Crippen LogP contribution in [0.15, 0.2) is 28.7 Å². The molecular weight excluding hydrogens is 250 g/mol. The van der Waals surface area contributed by atoms with Crippen LogP contribution in [0.1, 0.15) is 26.3 Å². The van der Waals surface area contributed by atoms with Crippen molar-refractivity contribution in [2.24, 2.45) is 17.1 Å². The van der Waals surface area contributed by atoms with Crippen molar-refractivity contribution in [3.63, 3.8) is 0 Å². The summed E-state index contributed by atoms with van der Waals surface area (Å²) in [6.45, 7) is 7.48. The lowest BCUT2D eigenvalue weighted by Gasteiger charge is -2.32. The number of hydrogen-bond acceptors (Lipinski definition) is 1. The van der Waals surface area contributed by atoms with E-state index in [-0.39, 0.29) is 5.41 Å². The Hall–Kier alpha value is -0.340. The van der Waals surface area contributed by atoms with Crippen LogP contribution in [-0.4, -0.2) is 6.54 Å². The average molecular weight is 270 g/mol. The van der Waals surface area contributed by atoms with Crippen LogP contribution in [0.5, 0.6) is 0 Å². The number of nitrogens with two attached hydrogens (primary N) is 1. The zero-order valence-electron chi connectivity index (χ0n) is 9.76. The van der Waals surface area contributed by atoms with Gasteiger partial charge in [-0.3, -0.25) is 0 Å². The smallest absolute Gasteiger partial charge is 0.0175 e. The van der Waals surface area contributed by atoms with E-state index >= 15 is 0 Å². The standard InChI is InChI=1S/C13H20BrN/c1-10(2)13(3,9-15)8-11-4-6-12(14)7-5-11/h4-7,10H,8-9,15H2,1-3H3. The van der Waals surface area contributed by atoms with Crippen molar-refractivity contribution in [1.29, 1.82) is 0 Å². The Morgan fingerprint density at radius 2 is 1.80 bits per heavy atom. The van der Waals surface area contributed by atoms with Crippen molar-refractivity contribution in [1.82, 2.24) is 0 Å². The maximum Gasteiger partial charge on any atom is 0.0175 e. The van der Waals surface area contributed by atoms with Gasteiger partial charge in [0.1, 0.15) is 0 Å². The Bertz CT molecular complexity index is 305. The van der Waals surface area contributed by atoms with Crippen LogP contribution in [0, 0.1) is 11.3 Å². The van der Waals surface area contributed by atoms with Gasteiger partial charge in [0.25, 0.3) is 0 Å². The highest BCUT2D eigenvalue weighted by atomic mass is 79.9. The highest BCUT2D eigenvalue weighted by Crippen LogP contribution is 2.30. The predicted octanol–water partition coefficient (Wildman–Crippen LogP) is 3.61. The van der Waals surface area contributed by atoms with Crippen molar-refractivity contribution in [2.45, 2.75) is 27.2 Å². The molecule has 0 amide bonds. The summed E-state index contributed by atoms with van der Waals surface area (Å²) in [5, 5.41) is 0. The summed E-state index contributed by atoms with van der Waals surface area (Å²) in [5.41, 5.74) is 7.44. The second-order valence-corrected chi connectivity index (χ2v) is 5.73. The largest absolute Gasteiger partial charge is 0.330 e. The minimum absolute atomic E-state index is 0.202. The molecule has 2 N–H and O–H groups in total. The third-order valence-electron chi connectivity index (χ3n) is 3.38. The van der Waals surface area contributed by atoms with E-state index in [1.165, 1.54) is 5.56 Å². The number of rotatable bonds is 4. The van der Waals surface area contributed by atoms with Crippen LogP contribution in [0.3, 0.4) is 0 Å². The molecule has 2 heteroatoms. The monoisotopic (exact) mass is 269 g/mol. The van der Waals surface area contributed by atoms with Gasteiger partial charge in [-0.2, -0.15) is 0 Å². The van der Waals surface area contributed by atoms with E-state index in [9.17, 15) is 0 Å². The molecule has 0 bridgehead atoms. The minimum atomic E-state index is 0.202. The third kappa shape index (κ3) is 3.32. The molecule has 0 saturated heterocycles. The third-order valence-corrected chi connectivity index (χ3v) is 3.91. The molecule has 0 heterocycles. The molecule has 1 rings (SSSR count). The molecule has 1 aromatic rings. The molecule has 1 nitrogen and oxygen atoms in total. The molecule has 0 aliphatic carbocycles. The van der Waals surface area contributed by atoms with E-state index in [4.69, 9.17) is 5.73 Å². The molecule has 0 radical (unpaired) electrons. The van der Waals surface area contributed by atoms with Crippen LogP contribution in [0.25, 0.3) is 0 Å². The van der Waals surface area contributed by atoms with E-state index in [1.807, 2.05) is 0 Å². The molecule has 1 unspecified atom stereocenters. The fourth-order valence-electron chi connectivity index (χ4n) is 1.58. The summed E-state index contributed by atoms with van der Waals surface area (Å²) in [6.07, 6.45) is 1.05. The van der Waals surface area contributed by atoms with Gasteiger partial charge >= 0.3 is 0 Å². The number of hydrogen-bond donors (Lipinski definition) is 1. The molecule has 0 saturated carbocycles. The molecule has 0 aromatic heterocycles. The van der Waals surface area contributed by atoms with Crippen LogP contribution in [0.2, 0.25) is 0 Å². The minimum Gasteiger partial charge on any atom is -0.330 e. The first-order valence-electron chi connectivity index (χ1n) is 5.42. The molecule has 1 atom stereocenters. The predicted molar refractivity (Wildman–Crippen MR) is 69.8 cm³/mol. The second-order valence-electron chi connectivity index (χ2n) is 4.82. The van der Waals surface area contributed by atoms with Gasteiger partial charge < -0.3 is 5.73 Å². The summed E-state index contributed by atoms with van der Waals surface area (Å²) in [6, 6.07) is 8.51. The fraction of sp³-hybridized carbons (Fsp3) is 0.538. The summed E-state index contributed by atoms with van der Waals surface area (Å²) >= 11 is 3.45. The highest BCUT2D eigenvalue weighted by molar-refractivity contribution is 9.10. The zero-order chi connectivity index (χ0) is 11.5. The molecule has 15 heavy (non-hydrogen) atoms.